The molecule has 0 spiro atoms. The van der Waals surface area contributed by atoms with E-state index in [1.807, 2.05) is 42.6 Å². The van der Waals surface area contributed by atoms with Crippen LogP contribution in [0.4, 0.5) is 0 Å². The molecule has 4 aliphatic rings. The average molecular weight is 512 g/mol. The Morgan fingerprint density at radius 2 is 1.82 bits per heavy atom. The van der Waals surface area contributed by atoms with Crippen LogP contribution < -0.4 is 10.1 Å². The molecular formula is C29H29N5O4. The molecule has 3 atom stereocenters. The lowest BCUT2D eigenvalue weighted by Gasteiger charge is -2.44. The molecule has 38 heavy (non-hydrogen) atoms. The molecule has 7 rings (SSSR count). The smallest absolute Gasteiger partial charge is 0.255 e. The van der Waals surface area contributed by atoms with Crippen LogP contribution in [0, 0.1) is 0 Å². The fourth-order valence-corrected chi connectivity index (χ4v) is 6.40. The predicted octanol–water partition coefficient (Wildman–Crippen LogP) is 2.79. The van der Waals surface area contributed by atoms with E-state index >= 15 is 0 Å². The van der Waals surface area contributed by atoms with Gasteiger partial charge in [0, 0.05) is 49.8 Å². The number of para-hydroxylation sites is 2. The number of piperidine rings is 1. The number of nitrogens with one attached hydrogen (secondary N) is 1. The van der Waals surface area contributed by atoms with Gasteiger partial charge in [0.15, 0.2) is 0 Å². The maximum absolute atomic E-state index is 13.0. The first-order chi connectivity index (χ1) is 18.5. The molecule has 1 unspecified atom stereocenters. The molecule has 194 valence electrons. The molecule has 9 heteroatoms. The Hall–Kier alpha value is -3.85. The van der Waals surface area contributed by atoms with Gasteiger partial charge in [-0.1, -0.05) is 12.1 Å². The highest BCUT2D eigenvalue weighted by molar-refractivity contribution is 6.05. The van der Waals surface area contributed by atoms with Gasteiger partial charge in [0.25, 0.3) is 5.91 Å². The van der Waals surface area contributed by atoms with Crippen LogP contribution >= 0.6 is 0 Å². The number of amides is 3. The summed E-state index contributed by atoms with van der Waals surface area (Å²) >= 11 is 0. The molecule has 1 saturated carbocycles. The zero-order valence-corrected chi connectivity index (χ0v) is 21.0. The van der Waals surface area contributed by atoms with Gasteiger partial charge in [-0.3, -0.25) is 29.6 Å². The van der Waals surface area contributed by atoms with Gasteiger partial charge in [-0.25, -0.2) is 4.98 Å². The van der Waals surface area contributed by atoms with Gasteiger partial charge in [0.1, 0.15) is 17.9 Å². The van der Waals surface area contributed by atoms with E-state index < -0.39 is 11.9 Å². The third-order valence-corrected chi connectivity index (χ3v) is 8.46. The van der Waals surface area contributed by atoms with Gasteiger partial charge >= 0.3 is 0 Å². The Bertz CT molecular complexity index is 1450. The topological polar surface area (TPSA) is 105 Å². The lowest BCUT2D eigenvalue weighted by atomic mass is 9.93. The molecule has 9 nitrogen and oxygen atoms in total. The lowest BCUT2D eigenvalue weighted by Crippen LogP contribution is -2.54. The second-order valence-corrected chi connectivity index (χ2v) is 10.8. The number of hydrogen-bond donors (Lipinski definition) is 1. The summed E-state index contributed by atoms with van der Waals surface area (Å²) in [6, 6.07) is 13.3. The molecule has 3 amide bonds. The van der Waals surface area contributed by atoms with E-state index in [4.69, 9.17) is 9.72 Å². The van der Waals surface area contributed by atoms with Crippen LogP contribution in [0.15, 0.2) is 48.7 Å². The van der Waals surface area contributed by atoms with Crippen LogP contribution in [0.5, 0.6) is 5.75 Å². The van der Waals surface area contributed by atoms with E-state index in [9.17, 15) is 14.4 Å². The highest BCUT2D eigenvalue weighted by atomic mass is 16.5. The molecule has 3 aliphatic heterocycles. The second-order valence-electron chi connectivity index (χ2n) is 10.8. The van der Waals surface area contributed by atoms with Crippen LogP contribution in [-0.2, 0) is 16.1 Å². The largest absolute Gasteiger partial charge is 0.489 e. The Morgan fingerprint density at radius 3 is 2.66 bits per heavy atom. The fraction of sp³-hybridized carbons (Fsp3) is 0.414. The van der Waals surface area contributed by atoms with Gasteiger partial charge < -0.3 is 9.64 Å². The first-order valence-corrected chi connectivity index (χ1v) is 13.4. The fourth-order valence-electron chi connectivity index (χ4n) is 6.40. The van der Waals surface area contributed by atoms with E-state index in [1.54, 1.807) is 11.0 Å². The number of aromatic nitrogens is 2. The van der Waals surface area contributed by atoms with Crippen LogP contribution in [0.2, 0.25) is 0 Å². The van der Waals surface area contributed by atoms with Crippen molar-refractivity contribution in [3.8, 4) is 5.75 Å². The van der Waals surface area contributed by atoms with Crippen molar-refractivity contribution in [3.05, 3.63) is 65.5 Å². The lowest BCUT2D eigenvalue weighted by molar-refractivity contribution is -0.136. The first-order valence-electron chi connectivity index (χ1n) is 13.4. The summed E-state index contributed by atoms with van der Waals surface area (Å²) in [7, 11) is 0. The first kappa shape index (κ1) is 23.3. The predicted molar refractivity (Wildman–Crippen MR) is 138 cm³/mol. The molecule has 1 N–H and O–H groups in total. The third kappa shape index (κ3) is 4.01. The molecule has 3 aromatic rings. The third-order valence-electron chi connectivity index (χ3n) is 8.46. The zero-order valence-electron chi connectivity index (χ0n) is 21.0. The van der Waals surface area contributed by atoms with Gasteiger partial charge in [-0.2, -0.15) is 0 Å². The van der Waals surface area contributed by atoms with Gasteiger partial charge in [-0.15, -0.1) is 0 Å². The highest BCUT2D eigenvalue weighted by Gasteiger charge is 2.42. The normalized spacial score (nSPS) is 25.9. The number of ether oxygens (including phenoxy) is 1. The Labute approximate surface area is 220 Å². The van der Waals surface area contributed by atoms with E-state index in [1.165, 1.54) is 0 Å². The maximum Gasteiger partial charge on any atom is 0.255 e. The molecular weight excluding hydrogens is 482 g/mol. The summed E-state index contributed by atoms with van der Waals surface area (Å²) in [5.74, 6) is 0.308. The maximum atomic E-state index is 13.0. The molecule has 2 aromatic carbocycles. The van der Waals surface area contributed by atoms with Crippen molar-refractivity contribution < 1.29 is 19.1 Å². The molecule has 0 radical (unpaired) electrons. The standard InChI is InChI=1S/C29H29N5O4/c35-27-11-10-25(28(36)32-27)34-16-17-12-19(8-9-20(17)29(34)37)38-26-7-3-6-24(26)33-14-18(15-33)23-13-30-21-4-1-2-5-22(21)31-23/h1-2,4-5,8-9,12-13,18,24-26H,3,6-7,10-11,14-16H2,(H,32,35,36)/t24-,25?,26+/m0/s1. The van der Waals surface area contributed by atoms with Crippen molar-refractivity contribution in [1.82, 2.24) is 25.1 Å². The average Bonchev–Trinajstić information content (AvgIpc) is 3.47. The van der Waals surface area contributed by atoms with E-state index in [0.717, 1.165) is 60.4 Å². The minimum Gasteiger partial charge on any atom is -0.489 e. The van der Waals surface area contributed by atoms with Crippen LogP contribution in [-0.4, -0.2) is 68.8 Å². The molecule has 4 heterocycles. The van der Waals surface area contributed by atoms with E-state index in [2.05, 4.69) is 15.2 Å². The number of rotatable bonds is 5. The number of carbonyl (C=O) groups excluding carboxylic acids is 3. The summed E-state index contributed by atoms with van der Waals surface area (Å²) in [6.07, 6.45) is 5.85. The molecule has 2 saturated heterocycles. The number of nitrogens with zero attached hydrogens (tertiary/aromatic N) is 4. The number of fused-ring (bicyclic) bond motifs is 2. The van der Waals surface area contributed by atoms with Gasteiger partial charge in [0.05, 0.1) is 16.7 Å². The van der Waals surface area contributed by atoms with Gasteiger partial charge in [-0.05, 0) is 61.6 Å². The van der Waals surface area contributed by atoms with E-state index in [0.29, 0.717) is 30.5 Å². The monoisotopic (exact) mass is 511 g/mol. The number of hydrogen-bond acceptors (Lipinski definition) is 7. The number of carbonyl (C=O) groups is 3. The van der Waals surface area contributed by atoms with Crippen molar-refractivity contribution in [2.24, 2.45) is 0 Å². The van der Waals surface area contributed by atoms with Crippen LogP contribution in [0.25, 0.3) is 11.0 Å². The van der Waals surface area contributed by atoms with Gasteiger partial charge in [0.2, 0.25) is 11.8 Å². The van der Waals surface area contributed by atoms with Crippen molar-refractivity contribution in [3.63, 3.8) is 0 Å². The van der Waals surface area contributed by atoms with Crippen molar-refractivity contribution in [2.75, 3.05) is 13.1 Å². The SMILES string of the molecule is O=C1CCC(N2Cc3cc(O[C@@H]4CCC[C@@H]4N4CC(c5cnc6ccccc6n5)C4)ccc3C2=O)C(=O)N1. The Kier molecular flexibility index (Phi) is 5.61. The molecule has 1 aromatic heterocycles. The van der Waals surface area contributed by atoms with Crippen molar-refractivity contribution >= 4 is 28.8 Å². The summed E-state index contributed by atoms with van der Waals surface area (Å²) in [6.45, 7) is 2.26. The quantitative estimate of drug-likeness (QED) is 0.525. The van der Waals surface area contributed by atoms with E-state index in [-0.39, 0.29) is 24.3 Å². The van der Waals surface area contributed by atoms with Crippen molar-refractivity contribution in [2.45, 2.75) is 62.8 Å². The minimum atomic E-state index is -0.608. The Morgan fingerprint density at radius 1 is 0.974 bits per heavy atom. The van der Waals surface area contributed by atoms with Crippen molar-refractivity contribution in [1.29, 1.82) is 0 Å². The summed E-state index contributed by atoms with van der Waals surface area (Å²) in [5.41, 5.74) is 4.39. The summed E-state index contributed by atoms with van der Waals surface area (Å²) < 4.78 is 6.50. The number of benzene rings is 2. The minimum absolute atomic E-state index is 0.0972. The Balaban J connectivity index is 1.00. The summed E-state index contributed by atoms with van der Waals surface area (Å²) in [5, 5.41) is 2.35. The molecule has 3 fully saturated rings. The van der Waals surface area contributed by atoms with Crippen LogP contribution in [0.3, 0.4) is 0 Å². The number of imide groups is 1. The number of likely N-dealkylation sites (tertiary alicyclic amines) is 1. The molecule has 1 aliphatic carbocycles. The summed E-state index contributed by atoms with van der Waals surface area (Å²) in [4.78, 5) is 50.3. The zero-order chi connectivity index (χ0) is 25.8. The molecule has 0 bridgehead atoms. The van der Waals surface area contributed by atoms with Crippen LogP contribution in [0.1, 0.15) is 59.6 Å². The second kappa shape index (κ2) is 9.16. The highest BCUT2D eigenvalue weighted by Crippen LogP contribution is 2.37.